The predicted octanol–water partition coefficient (Wildman–Crippen LogP) is 3.59. The molecule has 3 N–H and O–H groups in total. The van der Waals surface area contributed by atoms with Gasteiger partial charge in [-0.25, -0.2) is 8.78 Å². The van der Waals surface area contributed by atoms with Gasteiger partial charge in [0.2, 0.25) is 5.78 Å². The molecule has 3 nitrogen and oxygen atoms in total. The zero-order valence-corrected chi connectivity index (χ0v) is 11.0. The number of nitrogens with one attached hydrogen (secondary N) is 1. The number of hydrogen-bond donors (Lipinski definition) is 2. The number of nitrogen functional groups attached to an aromatic ring is 1. The minimum atomic E-state index is -4.65. The molecule has 1 aromatic carbocycles. The summed E-state index contributed by atoms with van der Waals surface area (Å²) in [5.74, 6) is -6.44. The highest BCUT2D eigenvalue weighted by Gasteiger charge is 2.50. The molecule has 0 spiro atoms. The molecule has 21 heavy (non-hydrogen) atoms. The molecular weight excluding hydrogens is 288 g/mol. The number of anilines is 2. The largest absolute Gasteiger partial charge is 0.399 e. The highest BCUT2D eigenvalue weighted by Crippen LogP contribution is 2.35. The van der Waals surface area contributed by atoms with Gasteiger partial charge in [-0.2, -0.15) is 8.78 Å². The Bertz CT molecular complexity index is 567. The first kappa shape index (κ1) is 15.3. The summed E-state index contributed by atoms with van der Waals surface area (Å²) in [7, 11) is 0. The highest BCUT2D eigenvalue weighted by molar-refractivity contribution is 6.02. The van der Waals surface area contributed by atoms with Gasteiger partial charge < -0.3 is 11.1 Å². The Morgan fingerprint density at radius 3 is 2.38 bits per heavy atom. The van der Waals surface area contributed by atoms with Crippen molar-refractivity contribution in [3.05, 3.63) is 35.5 Å². The molecule has 0 bridgehead atoms. The van der Waals surface area contributed by atoms with Gasteiger partial charge in [0.05, 0.1) is 0 Å². The topological polar surface area (TPSA) is 55.1 Å². The normalized spacial score (nSPS) is 15.7. The third-order valence-electron chi connectivity index (χ3n) is 3.27. The van der Waals surface area contributed by atoms with E-state index in [1.165, 1.54) is 0 Å². The summed E-state index contributed by atoms with van der Waals surface area (Å²) in [5, 5.41) is 2.84. The summed E-state index contributed by atoms with van der Waals surface area (Å²) in [5.41, 5.74) is 6.63. The van der Waals surface area contributed by atoms with Crippen LogP contribution in [0.2, 0.25) is 0 Å². The molecule has 0 fully saturated rings. The monoisotopic (exact) mass is 302 g/mol. The molecule has 0 unspecified atom stereocenters. The number of Topliss-reactive ketones (excluding diaryl/α,β-unsaturated/α-hetero) is 1. The summed E-state index contributed by atoms with van der Waals surface area (Å²) in [4.78, 5) is 11.6. The van der Waals surface area contributed by atoms with Gasteiger partial charge in [-0.3, -0.25) is 4.79 Å². The van der Waals surface area contributed by atoms with Gasteiger partial charge in [0.15, 0.2) is 0 Å². The van der Waals surface area contributed by atoms with Crippen molar-refractivity contribution in [2.75, 3.05) is 11.1 Å². The standard InChI is InChI=1S/C14H14F4N2O/c15-13(16)14(17,18)12(21)10-2-1-3-11(10)20-9-6-4-8(19)5-7-9/h4-7,13,20H,1-3,19H2. The van der Waals surface area contributed by atoms with Crippen molar-refractivity contribution in [3.63, 3.8) is 0 Å². The third-order valence-corrected chi connectivity index (χ3v) is 3.27. The molecule has 0 aliphatic heterocycles. The van der Waals surface area contributed by atoms with E-state index in [1.807, 2.05) is 0 Å². The smallest absolute Gasteiger partial charge is 0.368 e. The van der Waals surface area contributed by atoms with E-state index in [0.29, 0.717) is 24.2 Å². The molecule has 0 aromatic heterocycles. The van der Waals surface area contributed by atoms with Crippen LogP contribution in [0.1, 0.15) is 19.3 Å². The lowest BCUT2D eigenvalue weighted by atomic mass is 10.0. The second-order valence-electron chi connectivity index (χ2n) is 4.81. The second-order valence-corrected chi connectivity index (χ2v) is 4.81. The molecule has 0 saturated heterocycles. The Hall–Kier alpha value is -2.05. The molecule has 114 valence electrons. The van der Waals surface area contributed by atoms with E-state index >= 15 is 0 Å². The Balaban J connectivity index is 2.24. The van der Waals surface area contributed by atoms with Crippen LogP contribution in [0.4, 0.5) is 28.9 Å². The summed E-state index contributed by atoms with van der Waals surface area (Å²) in [6.07, 6.45) is -3.10. The molecule has 7 heteroatoms. The van der Waals surface area contributed by atoms with Crippen molar-refractivity contribution in [3.8, 4) is 0 Å². The van der Waals surface area contributed by atoms with Gasteiger partial charge in [0, 0.05) is 22.6 Å². The van der Waals surface area contributed by atoms with Gasteiger partial charge in [-0.1, -0.05) is 0 Å². The SMILES string of the molecule is Nc1ccc(NC2=C(C(=O)C(F)(F)C(F)F)CCC2)cc1. The van der Waals surface area contributed by atoms with E-state index in [-0.39, 0.29) is 17.7 Å². The first-order chi connectivity index (χ1) is 9.82. The van der Waals surface area contributed by atoms with Crippen molar-refractivity contribution in [1.29, 1.82) is 0 Å². The van der Waals surface area contributed by atoms with Crippen LogP contribution in [0.3, 0.4) is 0 Å². The van der Waals surface area contributed by atoms with Crippen LogP contribution < -0.4 is 11.1 Å². The number of hydrogen-bond acceptors (Lipinski definition) is 3. The summed E-state index contributed by atoms with van der Waals surface area (Å²) in [6.45, 7) is 0. The minimum absolute atomic E-state index is 0.0679. The quantitative estimate of drug-likeness (QED) is 0.645. The lowest BCUT2D eigenvalue weighted by molar-refractivity contribution is -0.162. The number of nitrogens with two attached hydrogens (primary N) is 1. The Labute approximate surface area is 118 Å². The number of ketones is 1. The Morgan fingerprint density at radius 2 is 1.81 bits per heavy atom. The Morgan fingerprint density at radius 1 is 1.19 bits per heavy atom. The average Bonchev–Trinajstić information content (AvgIpc) is 2.88. The number of carbonyl (C=O) groups excluding carboxylic acids is 1. The van der Waals surface area contributed by atoms with Gasteiger partial charge in [0.1, 0.15) is 0 Å². The van der Waals surface area contributed by atoms with Gasteiger partial charge >= 0.3 is 12.3 Å². The molecular formula is C14H14F4N2O. The maximum atomic E-state index is 13.2. The van der Waals surface area contributed by atoms with Crippen LogP contribution >= 0.6 is 0 Å². The molecule has 0 saturated carbocycles. The van der Waals surface area contributed by atoms with Crippen molar-refractivity contribution in [2.45, 2.75) is 31.6 Å². The number of rotatable bonds is 5. The van der Waals surface area contributed by atoms with Crippen LogP contribution in [0.15, 0.2) is 35.5 Å². The highest BCUT2D eigenvalue weighted by atomic mass is 19.3. The number of benzene rings is 1. The van der Waals surface area contributed by atoms with Crippen LogP contribution in [-0.4, -0.2) is 18.1 Å². The third kappa shape index (κ3) is 3.17. The maximum absolute atomic E-state index is 13.2. The lowest BCUT2D eigenvalue weighted by Crippen LogP contribution is -2.37. The summed E-state index contributed by atoms with van der Waals surface area (Å²) >= 11 is 0. The fourth-order valence-corrected chi connectivity index (χ4v) is 2.17. The molecule has 0 atom stereocenters. The van der Waals surface area contributed by atoms with Gasteiger partial charge in [-0.15, -0.1) is 0 Å². The number of carbonyl (C=O) groups is 1. The minimum Gasteiger partial charge on any atom is -0.399 e. The lowest BCUT2D eigenvalue weighted by Gasteiger charge is -2.16. The van der Waals surface area contributed by atoms with Crippen LogP contribution in [0.25, 0.3) is 0 Å². The van der Waals surface area contributed by atoms with E-state index in [4.69, 9.17) is 5.73 Å². The molecule has 0 amide bonds. The fraction of sp³-hybridized carbons (Fsp3) is 0.357. The maximum Gasteiger partial charge on any atom is 0.368 e. The summed E-state index contributed by atoms with van der Waals surface area (Å²) < 4.78 is 50.9. The second kappa shape index (κ2) is 5.75. The van der Waals surface area contributed by atoms with Crippen LogP contribution in [0, 0.1) is 0 Å². The van der Waals surface area contributed by atoms with Gasteiger partial charge in [0.25, 0.3) is 0 Å². The van der Waals surface area contributed by atoms with Crippen LogP contribution in [-0.2, 0) is 4.79 Å². The Kier molecular flexibility index (Phi) is 4.20. The van der Waals surface area contributed by atoms with Gasteiger partial charge in [-0.05, 0) is 43.5 Å². The molecule has 1 aromatic rings. The number of halogens is 4. The van der Waals surface area contributed by atoms with Crippen molar-refractivity contribution in [2.24, 2.45) is 0 Å². The van der Waals surface area contributed by atoms with Crippen LogP contribution in [0.5, 0.6) is 0 Å². The van der Waals surface area contributed by atoms with E-state index < -0.39 is 18.1 Å². The van der Waals surface area contributed by atoms with E-state index in [9.17, 15) is 22.4 Å². The van der Waals surface area contributed by atoms with E-state index in [1.54, 1.807) is 24.3 Å². The molecule has 0 heterocycles. The zero-order chi connectivity index (χ0) is 15.6. The molecule has 1 aliphatic rings. The van der Waals surface area contributed by atoms with Crippen molar-refractivity contribution in [1.82, 2.24) is 0 Å². The zero-order valence-electron chi connectivity index (χ0n) is 11.0. The first-order valence-electron chi connectivity index (χ1n) is 6.37. The van der Waals surface area contributed by atoms with Crippen molar-refractivity contribution < 1.29 is 22.4 Å². The summed E-state index contributed by atoms with van der Waals surface area (Å²) in [6, 6.07) is 6.45. The van der Waals surface area contributed by atoms with E-state index in [2.05, 4.69) is 5.32 Å². The average molecular weight is 302 g/mol. The van der Waals surface area contributed by atoms with E-state index in [0.717, 1.165) is 0 Å². The molecule has 0 radical (unpaired) electrons. The molecule has 2 rings (SSSR count). The number of allylic oxidation sites excluding steroid dienone is 2. The number of alkyl halides is 4. The first-order valence-corrected chi connectivity index (χ1v) is 6.37. The molecule has 1 aliphatic carbocycles. The fourth-order valence-electron chi connectivity index (χ4n) is 2.17. The predicted molar refractivity (Wildman–Crippen MR) is 71.3 cm³/mol. The van der Waals surface area contributed by atoms with Crippen molar-refractivity contribution >= 4 is 17.2 Å².